The first-order valence-electron chi connectivity index (χ1n) is 7.41. The Morgan fingerprint density at radius 3 is 2.45 bits per heavy atom. The highest BCUT2D eigenvalue weighted by molar-refractivity contribution is 5.84. The molecule has 0 aromatic heterocycles. The van der Waals surface area contributed by atoms with Crippen molar-refractivity contribution in [2.75, 3.05) is 13.2 Å². The van der Waals surface area contributed by atoms with Gasteiger partial charge in [-0.25, -0.2) is 0 Å². The van der Waals surface area contributed by atoms with Crippen molar-refractivity contribution in [3.05, 3.63) is 42.0 Å². The van der Waals surface area contributed by atoms with E-state index in [0.29, 0.717) is 26.0 Å². The van der Waals surface area contributed by atoms with Crippen molar-refractivity contribution in [2.45, 2.75) is 19.8 Å². The number of carbonyl (C=O) groups is 2. The summed E-state index contributed by atoms with van der Waals surface area (Å²) in [5.74, 6) is -1.99. The lowest BCUT2D eigenvalue weighted by Crippen LogP contribution is -2.44. The van der Waals surface area contributed by atoms with Gasteiger partial charge in [-0.05, 0) is 31.9 Å². The van der Waals surface area contributed by atoms with Crippen molar-refractivity contribution in [3.8, 4) is 5.75 Å². The Kier molecular flexibility index (Phi) is 5.58. The highest BCUT2D eigenvalue weighted by atomic mass is 16.5. The third-order valence-electron chi connectivity index (χ3n) is 3.76. The molecule has 118 valence electrons. The number of hydrogen-bond donors (Lipinski definition) is 1. The summed E-state index contributed by atoms with van der Waals surface area (Å²) in [5.41, 5.74) is 1.15. The number of carboxylic acids is 1. The number of nitrogens with one attached hydrogen (secondary N) is 1. The minimum atomic E-state index is -1.17. The number of rotatable bonds is 6. The molecule has 1 aliphatic rings. The Labute approximate surface area is 130 Å². The zero-order valence-corrected chi connectivity index (χ0v) is 12.6. The third-order valence-corrected chi connectivity index (χ3v) is 3.76. The number of carboxylic acid groups (broad SMARTS) is 1. The van der Waals surface area contributed by atoms with E-state index in [1.54, 1.807) is 6.08 Å². The molecule has 5 nitrogen and oxygen atoms in total. The van der Waals surface area contributed by atoms with Crippen LogP contribution in [0.1, 0.15) is 18.4 Å². The van der Waals surface area contributed by atoms with Crippen LogP contribution in [0.2, 0.25) is 0 Å². The Hall–Kier alpha value is -2.30. The molecular formula is C17H20NO4-. The first kappa shape index (κ1) is 16.1. The summed E-state index contributed by atoms with van der Waals surface area (Å²) in [6, 6.07) is 7.64. The molecule has 1 aliphatic carbocycles. The Balaban J connectivity index is 1.76. The van der Waals surface area contributed by atoms with Gasteiger partial charge < -0.3 is 20.0 Å². The maximum atomic E-state index is 12.1. The van der Waals surface area contributed by atoms with E-state index in [1.807, 2.05) is 37.3 Å². The normalized spacial score (nSPS) is 20.4. The molecule has 0 saturated carbocycles. The topological polar surface area (TPSA) is 78.5 Å². The lowest BCUT2D eigenvalue weighted by Gasteiger charge is -2.28. The lowest BCUT2D eigenvalue weighted by atomic mass is 9.82. The molecule has 1 aromatic rings. The fourth-order valence-corrected chi connectivity index (χ4v) is 2.47. The van der Waals surface area contributed by atoms with Gasteiger partial charge in [-0.15, -0.1) is 0 Å². The van der Waals surface area contributed by atoms with Crippen LogP contribution in [0.25, 0.3) is 0 Å². The Morgan fingerprint density at radius 2 is 1.82 bits per heavy atom. The molecule has 0 fully saturated rings. The molecule has 22 heavy (non-hydrogen) atoms. The number of hydrogen-bond acceptors (Lipinski definition) is 4. The third kappa shape index (κ3) is 4.35. The molecule has 1 aromatic carbocycles. The van der Waals surface area contributed by atoms with Crippen molar-refractivity contribution < 1.29 is 19.4 Å². The summed E-state index contributed by atoms with van der Waals surface area (Å²) < 4.78 is 5.52. The minimum Gasteiger partial charge on any atom is -0.550 e. The van der Waals surface area contributed by atoms with E-state index < -0.39 is 17.8 Å². The number of ether oxygens (including phenoxy) is 1. The van der Waals surface area contributed by atoms with Gasteiger partial charge in [0.05, 0.1) is 6.54 Å². The second-order valence-corrected chi connectivity index (χ2v) is 5.43. The van der Waals surface area contributed by atoms with Gasteiger partial charge in [-0.3, -0.25) is 4.79 Å². The average molecular weight is 302 g/mol. The molecule has 0 heterocycles. The molecule has 0 aliphatic heterocycles. The average Bonchev–Trinajstić information content (AvgIpc) is 2.53. The van der Waals surface area contributed by atoms with Gasteiger partial charge in [0, 0.05) is 17.8 Å². The summed E-state index contributed by atoms with van der Waals surface area (Å²) in [4.78, 5) is 23.1. The van der Waals surface area contributed by atoms with Crippen molar-refractivity contribution in [3.63, 3.8) is 0 Å². The molecule has 0 bridgehead atoms. The first-order chi connectivity index (χ1) is 10.6. The highest BCUT2D eigenvalue weighted by Crippen LogP contribution is 2.25. The van der Waals surface area contributed by atoms with Gasteiger partial charge in [-0.1, -0.05) is 29.8 Å². The van der Waals surface area contributed by atoms with Crippen LogP contribution in [0, 0.1) is 18.8 Å². The van der Waals surface area contributed by atoms with Gasteiger partial charge >= 0.3 is 0 Å². The van der Waals surface area contributed by atoms with E-state index in [0.717, 1.165) is 11.3 Å². The molecule has 0 radical (unpaired) electrons. The zero-order chi connectivity index (χ0) is 15.9. The van der Waals surface area contributed by atoms with Crippen LogP contribution < -0.4 is 15.2 Å². The molecule has 2 rings (SSSR count). The molecule has 0 spiro atoms. The van der Waals surface area contributed by atoms with Gasteiger partial charge in [0.2, 0.25) is 5.91 Å². The minimum absolute atomic E-state index is 0.258. The van der Waals surface area contributed by atoms with Gasteiger partial charge in [0.15, 0.2) is 0 Å². The van der Waals surface area contributed by atoms with Gasteiger partial charge in [0.1, 0.15) is 12.4 Å². The van der Waals surface area contributed by atoms with Gasteiger partial charge in [0.25, 0.3) is 0 Å². The Bertz CT molecular complexity index is 550. The lowest BCUT2D eigenvalue weighted by molar-refractivity contribution is -0.313. The van der Waals surface area contributed by atoms with E-state index in [9.17, 15) is 14.7 Å². The summed E-state index contributed by atoms with van der Waals surface area (Å²) in [5, 5.41) is 13.8. The summed E-state index contributed by atoms with van der Waals surface area (Å²) in [6.45, 7) is 2.68. The molecule has 0 saturated heterocycles. The Morgan fingerprint density at radius 1 is 1.18 bits per heavy atom. The number of aliphatic carboxylic acids is 1. The second-order valence-electron chi connectivity index (χ2n) is 5.43. The standard InChI is InChI=1S/C17H21NO4/c1-12-6-8-13(9-7-12)22-11-10-18-16(19)14-4-2-3-5-15(14)17(20)21/h2-3,6-9,14-15H,4-5,10-11H2,1H3,(H,18,19)(H,20,21)/p-1/t14-,15-/m1/s1. The predicted octanol–water partition coefficient (Wildman–Crippen LogP) is 0.822. The van der Waals surface area contributed by atoms with Crippen LogP contribution in [0.3, 0.4) is 0 Å². The van der Waals surface area contributed by atoms with Gasteiger partial charge in [-0.2, -0.15) is 0 Å². The summed E-state index contributed by atoms with van der Waals surface area (Å²) >= 11 is 0. The molecule has 1 amide bonds. The zero-order valence-electron chi connectivity index (χ0n) is 12.6. The number of allylic oxidation sites excluding steroid dienone is 2. The quantitative estimate of drug-likeness (QED) is 0.623. The highest BCUT2D eigenvalue weighted by Gasteiger charge is 2.29. The molecule has 0 unspecified atom stereocenters. The maximum absolute atomic E-state index is 12.1. The molecule has 1 N–H and O–H groups in total. The van der Waals surface area contributed by atoms with E-state index in [-0.39, 0.29) is 5.91 Å². The fraction of sp³-hybridized carbons (Fsp3) is 0.412. The van der Waals surface area contributed by atoms with Crippen molar-refractivity contribution in [2.24, 2.45) is 11.8 Å². The number of aryl methyl sites for hydroxylation is 1. The van der Waals surface area contributed by atoms with Crippen molar-refractivity contribution in [1.82, 2.24) is 5.32 Å². The van der Waals surface area contributed by atoms with Crippen LogP contribution >= 0.6 is 0 Å². The maximum Gasteiger partial charge on any atom is 0.224 e. The van der Waals surface area contributed by atoms with Crippen LogP contribution in [0.15, 0.2) is 36.4 Å². The van der Waals surface area contributed by atoms with E-state index in [2.05, 4.69) is 5.32 Å². The molecule has 5 heteroatoms. The molecular weight excluding hydrogens is 282 g/mol. The van der Waals surface area contributed by atoms with E-state index in [4.69, 9.17) is 4.74 Å². The summed E-state index contributed by atoms with van der Waals surface area (Å²) in [7, 11) is 0. The van der Waals surface area contributed by atoms with Crippen molar-refractivity contribution >= 4 is 11.9 Å². The predicted molar refractivity (Wildman–Crippen MR) is 80.0 cm³/mol. The van der Waals surface area contributed by atoms with Crippen LogP contribution in [0.5, 0.6) is 5.75 Å². The van der Waals surface area contributed by atoms with Crippen LogP contribution in [0.4, 0.5) is 0 Å². The van der Waals surface area contributed by atoms with Crippen LogP contribution in [-0.4, -0.2) is 25.0 Å². The van der Waals surface area contributed by atoms with Crippen LogP contribution in [-0.2, 0) is 9.59 Å². The SMILES string of the molecule is Cc1ccc(OCCNC(=O)[C@@H]2CC=CC[C@H]2C(=O)[O-])cc1. The molecule has 2 atom stereocenters. The number of amides is 1. The van der Waals surface area contributed by atoms with Crippen molar-refractivity contribution in [1.29, 1.82) is 0 Å². The monoisotopic (exact) mass is 302 g/mol. The largest absolute Gasteiger partial charge is 0.550 e. The number of carbonyl (C=O) groups excluding carboxylic acids is 2. The van der Waals surface area contributed by atoms with E-state index in [1.165, 1.54) is 0 Å². The summed E-state index contributed by atoms with van der Waals surface area (Å²) in [6.07, 6.45) is 4.40. The number of benzene rings is 1. The second kappa shape index (κ2) is 7.64. The van der Waals surface area contributed by atoms with E-state index >= 15 is 0 Å². The smallest absolute Gasteiger partial charge is 0.224 e. The first-order valence-corrected chi connectivity index (χ1v) is 7.41. The fourth-order valence-electron chi connectivity index (χ4n) is 2.47.